The lowest BCUT2D eigenvalue weighted by Gasteiger charge is -2.15. The molecule has 1 unspecified atom stereocenters. The van der Waals surface area contributed by atoms with Crippen LogP contribution in [0, 0.1) is 5.92 Å². The highest BCUT2D eigenvalue weighted by Gasteiger charge is 2.15. The van der Waals surface area contributed by atoms with Gasteiger partial charge in [-0.05, 0) is 24.5 Å². The number of benzene rings is 1. The lowest BCUT2D eigenvalue weighted by molar-refractivity contribution is 0.493. The van der Waals surface area contributed by atoms with Crippen LogP contribution in [0.15, 0.2) is 36.5 Å². The number of para-hydroxylation sites is 1. The zero-order valence-corrected chi connectivity index (χ0v) is 10.2. The first-order valence-corrected chi connectivity index (χ1v) is 5.90. The molecule has 1 heterocycles. The lowest BCUT2D eigenvalue weighted by Crippen LogP contribution is -2.17. The highest BCUT2D eigenvalue weighted by Crippen LogP contribution is 2.20. The summed E-state index contributed by atoms with van der Waals surface area (Å²) in [6.07, 6.45) is 2.68. The Morgan fingerprint density at radius 3 is 2.59 bits per heavy atom. The van der Waals surface area contributed by atoms with Crippen LogP contribution in [0.2, 0.25) is 0 Å². The normalized spacial score (nSPS) is 12.9. The minimum Gasteiger partial charge on any atom is -0.323 e. The van der Waals surface area contributed by atoms with Crippen LogP contribution in [0.5, 0.6) is 0 Å². The Labute approximate surface area is 101 Å². The SMILES string of the molecule is CC(C)CC(N)c1cnnn1-c1ccccc1. The Hall–Kier alpha value is -1.68. The fourth-order valence-corrected chi connectivity index (χ4v) is 1.89. The molecule has 0 bridgehead atoms. The molecule has 4 nitrogen and oxygen atoms in total. The molecule has 0 aliphatic carbocycles. The van der Waals surface area contributed by atoms with E-state index in [9.17, 15) is 0 Å². The molecule has 17 heavy (non-hydrogen) atoms. The van der Waals surface area contributed by atoms with E-state index in [0.29, 0.717) is 5.92 Å². The molecule has 0 aliphatic heterocycles. The highest BCUT2D eigenvalue weighted by molar-refractivity contribution is 5.32. The molecule has 2 N–H and O–H groups in total. The smallest absolute Gasteiger partial charge is 0.0813 e. The van der Waals surface area contributed by atoms with E-state index in [2.05, 4.69) is 24.2 Å². The fraction of sp³-hybridized carbons (Fsp3) is 0.385. The second kappa shape index (κ2) is 5.10. The van der Waals surface area contributed by atoms with Crippen LogP contribution in [0.1, 0.15) is 32.0 Å². The molecule has 1 aromatic heterocycles. The number of nitrogens with two attached hydrogens (primary N) is 1. The summed E-state index contributed by atoms with van der Waals surface area (Å²) < 4.78 is 1.81. The van der Waals surface area contributed by atoms with Crippen molar-refractivity contribution in [1.29, 1.82) is 0 Å². The number of rotatable bonds is 4. The van der Waals surface area contributed by atoms with Crippen molar-refractivity contribution < 1.29 is 0 Å². The van der Waals surface area contributed by atoms with Crippen molar-refractivity contribution in [2.75, 3.05) is 0 Å². The van der Waals surface area contributed by atoms with Crippen LogP contribution < -0.4 is 5.73 Å². The van der Waals surface area contributed by atoms with Crippen molar-refractivity contribution in [3.63, 3.8) is 0 Å². The summed E-state index contributed by atoms with van der Waals surface area (Å²) in [4.78, 5) is 0. The van der Waals surface area contributed by atoms with Crippen LogP contribution in [0.25, 0.3) is 5.69 Å². The molecule has 1 aromatic carbocycles. The van der Waals surface area contributed by atoms with Crippen molar-refractivity contribution in [3.05, 3.63) is 42.2 Å². The maximum atomic E-state index is 6.18. The van der Waals surface area contributed by atoms with Crippen LogP contribution >= 0.6 is 0 Å². The van der Waals surface area contributed by atoms with E-state index in [1.165, 1.54) is 0 Å². The topological polar surface area (TPSA) is 56.7 Å². The van der Waals surface area contributed by atoms with E-state index < -0.39 is 0 Å². The summed E-state index contributed by atoms with van der Waals surface area (Å²) in [5.74, 6) is 0.559. The molecule has 0 fully saturated rings. The standard InChI is InChI=1S/C13H18N4/c1-10(2)8-12(14)13-9-15-16-17(13)11-6-4-3-5-7-11/h3-7,9-10,12H,8,14H2,1-2H3. The third kappa shape index (κ3) is 2.71. The fourth-order valence-electron chi connectivity index (χ4n) is 1.89. The van der Waals surface area contributed by atoms with Crippen LogP contribution in [-0.4, -0.2) is 15.0 Å². The maximum absolute atomic E-state index is 6.18. The van der Waals surface area contributed by atoms with Crippen LogP contribution in [0.4, 0.5) is 0 Å². The summed E-state index contributed by atoms with van der Waals surface area (Å²) in [6.45, 7) is 4.33. The average Bonchev–Trinajstić information content (AvgIpc) is 2.78. The minimum atomic E-state index is -0.0230. The van der Waals surface area contributed by atoms with Gasteiger partial charge in [-0.1, -0.05) is 37.3 Å². The van der Waals surface area contributed by atoms with Gasteiger partial charge >= 0.3 is 0 Å². The number of aromatic nitrogens is 3. The summed E-state index contributed by atoms with van der Waals surface area (Å²) in [7, 11) is 0. The zero-order chi connectivity index (χ0) is 12.3. The summed E-state index contributed by atoms with van der Waals surface area (Å²) in [5.41, 5.74) is 8.14. The third-order valence-electron chi connectivity index (χ3n) is 2.68. The molecule has 1 atom stereocenters. The van der Waals surface area contributed by atoms with E-state index >= 15 is 0 Å². The van der Waals surface area contributed by atoms with Crippen LogP contribution in [-0.2, 0) is 0 Å². The van der Waals surface area contributed by atoms with Gasteiger partial charge in [-0.3, -0.25) is 0 Å². The predicted octanol–water partition coefficient (Wildman–Crippen LogP) is 2.31. The molecule has 90 valence electrons. The lowest BCUT2D eigenvalue weighted by atomic mass is 10.0. The van der Waals surface area contributed by atoms with Crippen molar-refractivity contribution in [2.45, 2.75) is 26.3 Å². The Morgan fingerprint density at radius 1 is 1.24 bits per heavy atom. The second-order valence-electron chi connectivity index (χ2n) is 4.64. The van der Waals surface area contributed by atoms with Gasteiger partial charge in [0.1, 0.15) is 0 Å². The predicted molar refractivity (Wildman–Crippen MR) is 67.7 cm³/mol. The van der Waals surface area contributed by atoms with Gasteiger partial charge in [-0.25, -0.2) is 4.68 Å². The Morgan fingerprint density at radius 2 is 1.94 bits per heavy atom. The zero-order valence-electron chi connectivity index (χ0n) is 10.2. The molecule has 0 saturated carbocycles. The summed E-state index contributed by atoms with van der Waals surface area (Å²) >= 11 is 0. The Kier molecular flexibility index (Phi) is 3.54. The molecular formula is C13H18N4. The van der Waals surface area contributed by atoms with E-state index in [1.807, 2.05) is 35.0 Å². The molecular weight excluding hydrogens is 212 g/mol. The molecule has 0 spiro atoms. The summed E-state index contributed by atoms with van der Waals surface area (Å²) in [5, 5.41) is 8.06. The van der Waals surface area contributed by atoms with E-state index in [0.717, 1.165) is 17.8 Å². The van der Waals surface area contributed by atoms with E-state index in [1.54, 1.807) is 6.20 Å². The molecule has 0 radical (unpaired) electrons. The van der Waals surface area contributed by atoms with Crippen LogP contribution in [0.3, 0.4) is 0 Å². The first-order chi connectivity index (χ1) is 8.18. The molecule has 0 aliphatic rings. The maximum Gasteiger partial charge on any atom is 0.0813 e. The van der Waals surface area contributed by atoms with E-state index in [4.69, 9.17) is 5.73 Å². The van der Waals surface area contributed by atoms with Gasteiger partial charge in [-0.15, -0.1) is 5.10 Å². The number of hydrogen-bond acceptors (Lipinski definition) is 3. The average molecular weight is 230 g/mol. The van der Waals surface area contributed by atoms with Crippen molar-refractivity contribution in [1.82, 2.24) is 15.0 Å². The van der Waals surface area contributed by atoms with Gasteiger partial charge in [-0.2, -0.15) is 0 Å². The van der Waals surface area contributed by atoms with Crippen molar-refractivity contribution >= 4 is 0 Å². The highest BCUT2D eigenvalue weighted by atomic mass is 15.4. The minimum absolute atomic E-state index is 0.0230. The second-order valence-corrected chi connectivity index (χ2v) is 4.64. The van der Waals surface area contributed by atoms with Gasteiger partial charge in [0, 0.05) is 6.04 Å². The van der Waals surface area contributed by atoms with Gasteiger partial charge in [0.15, 0.2) is 0 Å². The van der Waals surface area contributed by atoms with Gasteiger partial charge in [0.2, 0.25) is 0 Å². The largest absolute Gasteiger partial charge is 0.323 e. The number of hydrogen-bond donors (Lipinski definition) is 1. The van der Waals surface area contributed by atoms with Gasteiger partial charge < -0.3 is 5.73 Å². The molecule has 0 amide bonds. The van der Waals surface area contributed by atoms with Crippen molar-refractivity contribution in [3.8, 4) is 5.69 Å². The van der Waals surface area contributed by atoms with Crippen molar-refractivity contribution in [2.24, 2.45) is 11.7 Å². The third-order valence-corrected chi connectivity index (χ3v) is 2.68. The Bertz CT molecular complexity index is 461. The molecule has 4 heteroatoms. The summed E-state index contributed by atoms with van der Waals surface area (Å²) in [6, 6.07) is 9.92. The molecule has 0 saturated heterocycles. The van der Waals surface area contributed by atoms with Gasteiger partial charge in [0.25, 0.3) is 0 Å². The number of nitrogens with zero attached hydrogens (tertiary/aromatic N) is 3. The molecule has 2 aromatic rings. The van der Waals surface area contributed by atoms with Gasteiger partial charge in [0.05, 0.1) is 17.6 Å². The van der Waals surface area contributed by atoms with E-state index in [-0.39, 0.29) is 6.04 Å². The Balaban J connectivity index is 2.29. The quantitative estimate of drug-likeness (QED) is 0.876. The first kappa shape index (κ1) is 11.8. The first-order valence-electron chi connectivity index (χ1n) is 5.90. The molecule has 2 rings (SSSR count). The monoisotopic (exact) mass is 230 g/mol.